The summed E-state index contributed by atoms with van der Waals surface area (Å²) in [6, 6.07) is 0.426. The zero-order valence-electron chi connectivity index (χ0n) is 8.40. The van der Waals surface area contributed by atoms with E-state index < -0.39 is 0 Å². The van der Waals surface area contributed by atoms with Gasteiger partial charge in [-0.1, -0.05) is 13.8 Å². The maximum Gasteiger partial charge on any atom is 0.0572 e. The van der Waals surface area contributed by atoms with Gasteiger partial charge in [0.15, 0.2) is 0 Å². The van der Waals surface area contributed by atoms with E-state index in [0.717, 1.165) is 13.1 Å². The molecule has 11 heavy (non-hydrogen) atoms. The zero-order chi connectivity index (χ0) is 9.11. The van der Waals surface area contributed by atoms with Crippen LogP contribution in [0.4, 0.5) is 0 Å². The molecular formula is C8H22N2O. The second-order valence-corrected chi connectivity index (χ2v) is 2.43. The van der Waals surface area contributed by atoms with Gasteiger partial charge in [-0.05, 0) is 26.9 Å². The first-order valence-electron chi connectivity index (χ1n) is 4.18. The lowest BCUT2D eigenvalue weighted by Gasteiger charge is -2.01. The van der Waals surface area contributed by atoms with Crippen LogP contribution >= 0.6 is 0 Å². The summed E-state index contributed by atoms with van der Waals surface area (Å²) in [6.07, 6.45) is 0. The van der Waals surface area contributed by atoms with Crippen molar-refractivity contribution < 1.29 is 4.84 Å². The molecule has 0 spiro atoms. The summed E-state index contributed by atoms with van der Waals surface area (Å²) in [5.41, 5.74) is 2.71. The second kappa shape index (κ2) is 12.5. The maximum atomic E-state index is 4.55. The zero-order valence-corrected chi connectivity index (χ0v) is 8.40. The quantitative estimate of drug-likeness (QED) is 0.609. The molecule has 2 N–H and O–H groups in total. The van der Waals surface area contributed by atoms with Crippen LogP contribution in [0.3, 0.4) is 0 Å². The fourth-order valence-corrected chi connectivity index (χ4v) is 0.486. The van der Waals surface area contributed by atoms with Crippen molar-refractivity contribution in [3.05, 3.63) is 0 Å². The molecular weight excluding hydrogens is 140 g/mol. The van der Waals surface area contributed by atoms with Gasteiger partial charge in [-0.15, -0.1) is 0 Å². The standard InChI is InChI=1S/C4H11NO.C4H11N/c1-4(2)5-6-3;1-3-5-4-2/h4-5H,1-3H3;5H,3-4H2,1-2H3. The third-order valence-electron chi connectivity index (χ3n) is 0.854. The first-order chi connectivity index (χ1) is 5.18. The lowest BCUT2D eigenvalue weighted by Crippen LogP contribution is -2.20. The lowest BCUT2D eigenvalue weighted by molar-refractivity contribution is 0.0711. The van der Waals surface area contributed by atoms with Gasteiger partial charge >= 0.3 is 0 Å². The molecule has 0 bridgehead atoms. The normalized spacial score (nSPS) is 9.27. The van der Waals surface area contributed by atoms with Crippen LogP contribution in [0.15, 0.2) is 0 Å². The summed E-state index contributed by atoms with van der Waals surface area (Å²) in [4.78, 5) is 4.55. The predicted octanol–water partition coefficient (Wildman–Crippen LogP) is 1.16. The van der Waals surface area contributed by atoms with Crippen LogP contribution in [0.1, 0.15) is 27.7 Å². The van der Waals surface area contributed by atoms with Crippen LogP contribution in [0.5, 0.6) is 0 Å². The second-order valence-electron chi connectivity index (χ2n) is 2.43. The molecule has 0 aromatic rings. The van der Waals surface area contributed by atoms with Crippen LogP contribution in [-0.2, 0) is 4.84 Å². The average molecular weight is 162 g/mol. The van der Waals surface area contributed by atoms with Gasteiger partial charge in [-0.3, -0.25) is 0 Å². The fourth-order valence-electron chi connectivity index (χ4n) is 0.486. The van der Waals surface area contributed by atoms with Gasteiger partial charge < -0.3 is 10.2 Å². The van der Waals surface area contributed by atoms with Crippen LogP contribution in [0.25, 0.3) is 0 Å². The Morgan fingerprint density at radius 3 is 1.64 bits per heavy atom. The summed E-state index contributed by atoms with van der Waals surface area (Å²) in [5, 5.41) is 3.11. The van der Waals surface area contributed by atoms with E-state index in [9.17, 15) is 0 Å². The highest BCUT2D eigenvalue weighted by Crippen LogP contribution is 1.70. The monoisotopic (exact) mass is 162 g/mol. The van der Waals surface area contributed by atoms with Gasteiger partial charge in [0.25, 0.3) is 0 Å². The smallest absolute Gasteiger partial charge is 0.0572 e. The van der Waals surface area contributed by atoms with Crippen molar-refractivity contribution in [1.29, 1.82) is 0 Å². The lowest BCUT2D eigenvalue weighted by atomic mass is 10.4. The first-order valence-corrected chi connectivity index (χ1v) is 4.18. The molecule has 0 radical (unpaired) electrons. The highest BCUT2D eigenvalue weighted by atomic mass is 16.6. The van der Waals surface area contributed by atoms with E-state index in [2.05, 4.69) is 29.5 Å². The van der Waals surface area contributed by atoms with E-state index in [-0.39, 0.29) is 0 Å². The molecule has 70 valence electrons. The van der Waals surface area contributed by atoms with E-state index in [4.69, 9.17) is 0 Å². The van der Waals surface area contributed by atoms with E-state index in [0.29, 0.717) is 6.04 Å². The molecule has 0 aliphatic heterocycles. The molecule has 0 aromatic heterocycles. The van der Waals surface area contributed by atoms with E-state index in [1.54, 1.807) is 7.11 Å². The third kappa shape index (κ3) is 25.8. The number of nitrogens with one attached hydrogen (secondary N) is 2. The Labute approximate surface area is 70.5 Å². The topological polar surface area (TPSA) is 33.3 Å². The fraction of sp³-hybridized carbons (Fsp3) is 1.00. The van der Waals surface area contributed by atoms with Crippen molar-refractivity contribution in [3.8, 4) is 0 Å². The molecule has 0 atom stereocenters. The predicted molar refractivity (Wildman–Crippen MR) is 49.5 cm³/mol. The Hall–Kier alpha value is -0.120. The highest BCUT2D eigenvalue weighted by Gasteiger charge is 1.82. The van der Waals surface area contributed by atoms with Gasteiger partial charge in [0, 0.05) is 6.04 Å². The maximum absolute atomic E-state index is 4.55. The Morgan fingerprint density at radius 1 is 1.18 bits per heavy atom. The number of rotatable bonds is 4. The number of hydroxylamine groups is 1. The van der Waals surface area contributed by atoms with Gasteiger partial charge in [0.2, 0.25) is 0 Å². The Morgan fingerprint density at radius 2 is 1.64 bits per heavy atom. The van der Waals surface area contributed by atoms with E-state index in [1.807, 2.05) is 13.8 Å². The molecule has 0 fully saturated rings. The van der Waals surface area contributed by atoms with E-state index >= 15 is 0 Å². The minimum atomic E-state index is 0.426. The molecule has 3 heteroatoms. The van der Waals surface area contributed by atoms with Crippen molar-refractivity contribution in [3.63, 3.8) is 0 Å². The molecule has 0 aliphatic carbocycles. The largest absolute Gasteiger partial charge is 0.317 e. The van der Waals surface area contributed by atoms with Crippen molar-refractivity contribution >= 4 is 0 Å². The van der Waals surface area contributed by atoms with Crippen molar-refractivity contribution in [2.75, 3.05) is 20.2 Å². The van der Waals surface area contributed by atoms with Gasteiger partial charge in [0.05, 0.1) is 7.11 Å². The summed E-state index contributed by atoms with van der Waals surface area (Å²) >= 11 is 0. The summed E-state index contributed by atoms with van der Waals surface area (Å²) in [6.45, 7) is 10.4. The van der Waals surface area contributed by atoms with Crippen molar-refractivity contribution in [1.82, 2.24) is 10.8 Å². The summed E-state index contributed by atoms with van der Waals surface area (Å²) in [5.74, 6) is 0. The molecule has 0 aliphatic rings. The van der Waals surface area contributed by atoms with Gasteiger partial charge in [0.1, 0.15) is 0 Å². The van der Waals surface area contributed by atoms with Crippen LogP contribution in [0, 0.1) is 0 Å². The summed E-state index contributed by atoms with van der Waals surface area (Å²) < 4.78 is 0. The molecule has 0 rings (SSSR count). The first kappa shape index (κ1) is 13.5. The minimum absolute atomic E-state index is 0.426. The Kier molecular flexibility index (Phi) is 15.4. The Bertz CT molecular complexity index is 56.1. The molecule has 0 saturated carbocycles. The average Bonchev–Trinajstić information content (AvgIpc) is 1.90. The molecule has 3 nitrogen and oxygen atoms in total. The molecule has 0 aromatic carbocycles. The van der Waals surface area contributed by atoms with Crippen molar-refractivity contribution in [2.24, 2.45) is 0 Å². The molecule has 0 heterocycles. The number of hydrogen-bond acceptors (Lipinski definition) is 3. The molecule has 0 saturated heterocycles. The van der Waals surface area contributed by atoms with Gasteiger partial charge in [-0.2, -0.15) is 0 Å². The SMILES string of the molecule is CCNCC.CONC(C)C. The highest BCUT2D eigenvalue weighted by molar-refractivity contribution is 4.36. The van der Waals surface area contributed by atoms with Crippen LogP contribution < -0.4 is 10.8 Å². The Balaban J connectivity index is 0. The van der Waals surface area contributed by atoms with Crippen molar-refractivity contribution in [2.45, 2.75) is 33.7 Å². The van der Waals surface area contributed by atoms with E-state index in [1.165, 1.54) is 0 Å². The van der Waals surface area contributed by atoms with Crippen LogP contribution in [0.2, 0.25) is 0 Å². The minimum Gasteiger partial charge on any atom is -0.317 e. The number of hydrogen-bond donors (Lipinski definition) is 2. The van der Waals surface area contributed by atoms with Gasteiger partial charge in [-0.25, -0.2) is 5.48 Å². The van der Waals surface area contributed by atoms with Crippen LogP contribution in [-0.4, -0.2) is 26.2 Å². The molecule has 0 amide bonds. The summed E-state index contributed by atoms with van der Waals surface area (Å²) in [7, 11) is 1.61. The molecule has 0 unspecified atom stereocenters. The third-order valence-corrected chi connectivity index (χ3v) is 0.854.